The SMILES string of the molecule is Cc1nc(NC(=O)CN2CCCC(C(=O)Nc3cccnc3Cl)C2)sc1C. The molecule has 2 aromatic rings. The van der Waals surface area contributed by atoms with E-state index in [-0.39, 0.29) is 29.4 Å². The van der Waals surface area contributed by atoms with E-state index in [2.05, 4.69) is 20.6 Å². The van der Waals surface area contributed by atoms with Gasteiger partial charge >= 0.3 is 0 Å². The molecule has 0 bridgehead atoms. The molecule has 1 aliphatic rings. The molecule has 1 aliphatic heterocycles. The van der Waals surface area contributed by atoms with Gasteiger partial charge in [0.1, 0.15) is 0 Å². The summed E-state index contributed by atoms with van der Waals surface area (Å²) in [7, 11) is 0. The van der Waals surface area contributed by atoms with Gasteiger partial charge in [0.15, 0.2) is 10.3 Å². The zero-order valence-corrected chi connectivity index (χ0v) is 16.9. The summed E-state index contributed by atoms with van der Waals surface area (Å²) >= 11 is 7.47. The Bertz CT molecular complexity index is 821. The number of aryl methyl sites for hydroxylation is 2. The van der Waals surface area contributed by atoms with E-state index in [0.29, 0.717) is 17.4 Å². The van der Waals surface area contributed by atoms with Crippen LogP contribution in [0.5, 0.6) is 0 Å². The average molecular weight is 408 g/mol. The van der Waals surface area contributed by atoms with E-state index in [0.717, 1.165) is 30.0 Å². The molecule has 1 atom stereocenters. The van der Waals surface area contributed by atoms with Crippen molar-refractivity contribution in [2.75, 3.05) is 30.3 Å². The molecule has 27 heavy (non-hydrogen) atoms. The fraction of sp³-hybridized carbons (Fsp3) is 0.444. The summed E-state index contributed by atoms with van der Waals surface area (Å²) in [6, 6.07) is 3.44. The third-order valence-corrected chi connectivity index (χ3v) is 5.82. The van der Waals surface area contributed by atoms with Crippen molar-refractivity contribution in [2.45, 2.75) is 26.7 Å². The molecular formula is C18H22ClN5O2S. The van der Waals surface area contributed by atoms with Gasteiger partial charge in [-0.05, 0) is 45.4 Å². The second-order valence-corrected chi connectivity index (χ2v) is 8.18. The highest BCUT2D eigenvalue weighted by atomic mass is 35.5. The predicted molar refractivity (Wildman–Crippen MR) is 107 cm³/mol. The van der Waals surface area contributed by atoms with Gasteiger partial charge in [-0.2, -0.15) is 0 Å². The Morgan fingerprint density at radius 3 is 2.89 bits per heavy atom. The van der Waals surface area contributed by atoms with Crippen LogP contribution in [0.15, 0.2) is 18.3 Å². The maximum atomic E-state index is 12.5. The lowest BCUT2D eigenvalue weighted by atomic mass is 9.97. The predicted octanol–water partition coefficient (Wildman–Crippen LogP) is 3.10. The molecule has 1 unspecified atom stereocenters. The van der Waals surface area contributed by atoms with E-state index >= 15 is 0 Å². The molecule has 0 spiro atoms. The lowest BCUT2D eigenvalue weighted by molar-refractivity contribution is -0.123. The highest BCUT2D eigenvalue weighted by Gasteiger charge is 2.27. The van der Waals surface area contributed by atoms with Crippen LogP contribution in [-0.4, -0.2) is 46.3 Å². The highest BCUT2D eigenvalue weighted by molar-refractivity contribution is 7.15. The molecule has 2 amide bonds. The fourth-order valence-electron chi connectivity index (χ4n) is 3.02. The molecule has 3 rings (SSSR count). The topological polar surface area (TPSA) is 87.2 Å². The first kappa shape index (κ1) is 19.7. The number of nitrogens with one attached hydrogen (secondary N) is 2. The molecule has 0 radical (unpaired) electrons. The number of amides is 2. The summed E-state index contributed by atoms with van der Waals surface area (Å²) in [6.45, 7) is 5.47. The quantitative estimate of drug-likeness (QED) is 0.743. The highest BCUT2D eigenvalue weighted by Crippen LogP contribution is 2.23. The Kier molecular flexibility index (Phi) is 6.41. The smallest absolute Gasteiger partial charge is 0.240 e. The number of pyridine rings is 1. The van der Waals surface area contributed by atoms with Gasteiger partial charge in [0, 0.05) is 17.6 Å². The van der Waals surface area contributed by atoms with Crippen molar-refractivity contribution < 1.29 is 9.59 Å². The zero-order chi connectivity index (χ0) is 19.4. The lowest BCUT2D eigenvalue weighted by Crippen LogP contribution is -2.44. The van der Waals surface area contributed by atoms with Crippen LogP contribution >= 0.6 is 22.9 Å². The minimum atomic E-state index is -0.188. The number of anilines is 2. The van der Waals surface area contributed by atoms with Gasteiger partial charge in [0.2, 0.25) is 11.8 Å². The van der Waals surface area contributed by atoms with Gasteiger partial charge in [-0.3, -0.25) is 14.5 Å². The first-order chi connectivity index (χ1) is 12.9. The number of aromatic nitrogens is 2. The summed E-state index contributed by atoms with van der Waals surface area (Å²) in [5, 5.41) is 6.56. The Morgan fingerprint density at radius 1 is 1.37 bits per heavy atom. The summed E-state index contributed by atoms with van der Waals surface area (Å²) in [5.41, 5.74) is 1.44. The molecule has 7 nitrogen and oxygen atoms in total. The number of thiazole rings is 1. The second-order valence-electron chi connectivity index (χ2n) is 6.61. The van der Waals surface area contributed by atoms with E-state index in [9.17, 15) is 9.59 Å². The van der Waals surface area contributed by atoms with Crippen LogP contribution in [-0.2, 0) is 9.59 Å². The van der Waals surface area contributed by atoms with Crippen LogP contribution in [0.2, 0.25) is 5.15 Å². The summed E-state index contributed by atoms with van der Waals surface area (Å²) in [5.74, 6) is -0.395. The number of carbonyl (C=O) groups excluding carboxylic acids is 2. The maximum absolute atomic E-state index is 12.5. The molecular weight excluding hydrogens is 386 g/mol. The van der Waals surface area contributed by atoms with Crippen molar-refractivity contribution in [3.05, 3.63) is 34.1 Å². The molecule has 144 valence electrons. The number of hydrogen-bond donors (Lipinski definition) is 2. The Morgan fingerprint density at radius 2 is 2.19 bits per heavy atom. The van der Waals surface area contributed by atoms with Crippen LogP contribution in [0.4, 0.5) is 10.8 Å². The molecule has 0 saturated carbocycles. The lowest BCUT2D eigenvalue weighted by Gasteiger charge is -2.31. The molecule has 9 heteroatoms. The van der Waals surface area contributed by atoms with Crippen molar-refractivity contribution in [3.8, 4) is 0 Å². The van der Waals surface area contributed by atoms with E-state index in [1.807, 2.05) is 18.7 Å². The van der Waals surface area contributed by atoms with Crippen LogP contribution in [0.3, 0.4) is 0 Å². The van der Waals surface area contributed by atoms with Crippen molar-refractivity contribution in [3.63, 3.8) is 0 Å². The molecule has 2 N–H and O–H groups in total. The Labute approximate surface area is 167 Å². The van der Waals surface area contributed by atoms with Gasteiger partial charge in [0.05, 0.1) is 23.8 Å². The van der Waals surface area contributed by atoms with E-state index in [1.165, 1.54) is 11.3 Å². The number of halogens is 1. The maximum Gasteiger partial charge on any atom is 0.240 e. The van der Waals surface area contributed by atoms with E-state index < -0.39 is 0 Å². The van der Waals surface area contributed by atoms with Gasteiger partial charge in [-0.1, -0.05) is 11.6 Å². The second kappa shape index (κ2) is 8.77. The number of nitrogens with zero attached hydrogens (tertiary/aromatic N) is 3. The third-order valence-electron chi connectivity index (χ3n) is 4.54. The molecule has 1 saturated heterocycles. The number of likely N-dealkylation sites (tertiary alicyclic amines) is 1. The van der Waals surface area contributed by atoms with Gasteiger partial charge < -0.3 is 10.6 Å². The zero-order valence-electron chi connectivity index (χ0n) is 15.3. The summed E-state index contributed by atoms with van der Waals surface area (Å²) in [6.07, 6.45) is 3.22. The third kappa shape index (κ3) is 5.24. The van der Waals surface area contributed by atoms with Gasteiger partial charge in [-0.25, -0.2) is 9.97 Å². The largest absolute Gasteiger partial charge is 0.323 e. The number of carbonyl (C=O) groups is 2. The molecule has 1 fully saturated rings. The summed E-state index contributed by atoms with van der Waals surface area (Å²) < 4.78 is 0. The molecule has 2 aromatic heterocycles. The standard InChI is InChI=1S/C18H22ClN5O2S/c1-11-12(2)27-18(21-11)23-15(25)10-24-8-4-5-13(9-24)17(26)22-14-6-3-7-20-16(14)19/h3,6-7,13H,4-5,8-10H2,1-2H3,(H,22,26)(H,21,23,25). The number of hydrogen-bond acceptors (Lipinski definition) is 6. The van der Waals surface area contributed by atoms with Crippen LogP contribution in [0.1, 0.15) is 23.4 Å². The van der Waals surface area contributed by atoms with Crippen molar-refractivity contribution in [2.24, 2.45) is 5.92 Å². The Hall–Kier alpha value is -2.03. The molecule has 0 aliphatic carbocycles. The van der Waals surface area contributed by atoms with Crippen molar-refractivity contribution >= 4 is 45.6 Å². The van der Waals surface area contributed by atoms with Crippen molar-refractivity contribution in [1.29, 1.82) is 0 Å². The first-order valence-electron chi connectivity index (χ1n) is 8.80. The monoisotopic (exact) mass is 407 g/mol. The van der Waals surface area contributed by atoms with Crippen LogP contribution in [0, 0.1) is 19.8 Å². The first-order valence-corrected chi connectivity index (χ1v) is 9.99. The Balaban J connectivity index is 1.53. The van der Waals surface area contributed by atoms with Gasteiger partial charge in [-0.15, -0.1) is 11.3 Å². The average Bonchev–Trinajstić information content (AvgIpc) is 2.94. The molecule has 3 heterocycles. The normalized spacial score (nSPS) is 17.5. The summed E-state index contributed by atoms with van der Waals surface area (Å²) in [4.78, 5) is 36.2. The number of rotatable bonds is 5. The van der Waals surface area contributed by atoms with Crippen LogP contribution < -0.4 is 10.6 Å². The minimum Gasteiger partial charge on any atom is -0.323 e. The van der Waals surface area contributed by atoms with Crippen LogP contribution in [0.25, 0.3) is 0 Å². The van der Waals surface area contributed by atoms with Crippen molar-refractivity contribution in [1.82, 2.24) is 14.9 Å². The minimum absolute atomic E-state index is 0.0961. The van der Waals surface area contributed by atoms with E-state index in [1.54, 1.807) is 18.3 Å². The van der Waals surface area contributed by atoms with E-state index in [4.69, 9.17) is 11.6 Å². The molecule has 0 aromatic carbocycles. The van der Waals surface area contributed by atoms with Gasteiger partial charge in [0.25, 0.3) is 0 Å². The number of piperidine rings is 1. The fourth-order valence-corrected chi connectivity index (χ4v) is 4.01.